The summed E-state index contributed by atoms with van der Waals surface area (Å²) in [5.74, 6) is -1.52. The Morgan fingerprint density at radius 3 is 2.50 bits per heavy atom. The molecule has 20 heavy (non-hydrogen) atoms. The summed E-state index contributed by atoms with van der Waals surface area (Å²) >= 11 is 0. The van der Waals surface area contributed by atoms with Crippen molar-refractivity contribution in [2.24, 2.45) is 5.92 Å². The lowest BCUT2D eigenvalue weighted by atomic mass is 9.99. The number of hydrogen-bond acceptors (Lipinski definition) is 3. The number of carboxylic acid groups (broad SMARTS) is 1. The monoisotopic (exact) mass is 281 g/mol. The molecule has 0 saturated heterocycles. The van der Waals surface area contributed by atoms with Crippen LogP contribution in [0.2, 0.25) is 0 Å². The fraction of sp³-hybridized carbons (Fsp3) is 0.643. The number of hydrogen-bond donors (Lipinski definition) is 2. The molecule has 0 aliphatic rings. The van der Waals surface area contributed by atoms with Gasteiger partial charge in [0.15, 0.2) is 0 Å². The zero-order chi connectivity index (χ0) is 15.3. The Morgan fingerprint density at radius 2 is 2.05 bits per heavy atom. The first kappa shape index (κ1) is 16.2. The molecule has 1 rings (SSSR count). The first-order valence-corrected chi connectivity index (χ1v) is 7.04. The summed E-state index contributed by atoms with van der Waals surface area (Å²) < 4.78 is 1.60. The van der Waals surface area contributed by atoms with Crippen LogP contribution in [0.3, 0.4) is 0 Å². The summed E-state index contributed by atoms with van der Waals surface area (Å²) in [5.41, 5.74) is 1.24. The van der Waals surface area contributed by atoms with Crippen molar-refractivity contribution in [3.63, 3.8) is 0 Å². The highest BCUT2D eigenvalue weighted by Crippen LogP contribution is 2.11. The SMILES string of the molecule is CCc1cc(C(=O)N[C@H](C(=O)O)C(C)CC)n(CC)n1. The number of nitrogens with zero attached hydrogens (tertiary/aromatic N) is 2. The number of aromatic nitrogens is 2. The molecule has 1 aromatic heterocycles. The quantitative estimate of drug-likeness (QED) is 0.796. The van der Waals surface area contributed by atoms with Crippen LogP contribution in [0.15, 0.2) is 6.07 Å². The third-order valence-corrected chi connectivity index (χ3v) is 3.49. The Kier molecular flexibility index (Phi) is 5.73. The summed E-state index contributed by atoms with van der Waals surface area (Å²) in [6, 6.07) is 0.840. The van der Waals surface area contributed by atoms with E-state index in [9.17, 15) is 14.7 Å². The molecule has 0 fully saturated rings. The van der Waals surface area contributed by atoms with E-state index in [1.165, 1.54) is 0 Å². The number of nitrogens with one attached hydrogen (secondary N) is 1. The molecular weight excluding hydrogens is 258 g/mol. The lowest BCUT2D eigenvalue weighted by Crippen LogP contribution is -2.45. The topological polar surface area (TPSA) is 84.2 Å². The maximum Gasteiger partial charge on any atom is 0.326 e. The number of rotatable bonds is 7. The Labute approximate surface area is 119 Å². The molecule has 0 spiro atoms. The molecule has 1 aromatic rings. The van der Waals surface area contributed by atoms with E-state index in [2.05, 4.69) is 10.4 Å². The van der Waals surface area contributed by atoms with Crippen molar-refractivity contribution in [2.75, 3.05) is 0 Å². The molecule has 0 saturated carbocycles. The molecule has 0 aromatic carbocycles. The van der Waals surface area contributed by atoms with Gasteiger partial charge in [-0.1, -0.05) is 27.2 Å². The van der Waals surface area contributed by atoms with Gasteiger partial charge >= 0.3 is 5.97 Å². The summed E-state index contributed by atoms with van der Waals surface area (Å²) in [5, 5.41) is 16.1. The van der Waals surface area contributed by atoms with Crippen molar-refractivity contribution in [3.8, 4) is 0 Å². The lowest BCUT2D eigenvalue weighted by molar-refractivity contribution is -0.140. The number of aliphatic carboxylic acids is 1. The Balaban J connectivity index is 2.94. The number of amides is 1. The lowest BCUT2D eigenvalue weighted by Gasteiger charge is -2.20. The van der Waals surface area contributed by atoms with Gasteiger partial charge in [0.2, 0.25) is 0 Å². The van der Waals surface area contributed by atoms with Gasteiger partial charge in [-0.15, -0.1) is 0 Å². The maximum absolute atomic E-state index is 12.3. The molecule has 1 amide bonds. The average molecular weight is 281 g/mol. The first-order chi connectivity index (χ1) is 9.44. The molecule has 0 radical (unpaired) electrons. The van der Waals surface area contributed by atoms with E-state index in [-0.39, 0.29) is 11.8 Å². The molecule has 2 N–H and O–H groups in total. The molecular formula is C14H23N3O3. The normalized spacial score (nSPS) is 13.8. The largest absolute Gasteiger partial charge is 0.480 e. The van der Waals surface area contributed by atoms with Crippen molar-refractivity contribution in [1.82, 2.24) is 15.1 Å². The Bertz CT molecular complexity index is 482. The van der Waals surface area contributed by atoms with Crippen LogP contribution in [-0.2, 0) is 17.8 Å². The second kappa shape index (κ2) is 7.07. The molecule has 1 unspecified atom stereocenters. The standard InChI is InChI=1S/C14H23N3O3/c1-5-9(4)12(14(19)20)15-13(18)11-8-10(6-2)16-17(11)7-3/h8-9,12H,5-7H2,1-4H3,(H,15,18)(H,19,20)/t9?,12-/m0/s1. The smallest absolute Gasteiger partial charge is 0.326 e. The van der Waals surface area contributed by atoms with Crippen molar-refractivity contribution in [3.05, 3.63) is 17.5 Å². The van der Waals surface area contributed by atoms with E-state index in [1.807, 2.05) is 27.7 Å². The van der Waals surface area contributed by atoms with E-state index < -0.39 is 12.0 Å². The number of carbonyl (C=O) groups excluding carboxylic acids is 1. The van der Waals surface area contributed by atoms with Gasteiger partial charge in [-0.3, -0.25) is 9.48 Å². The van der Waals surface area contributed by atoms with Crippen LogP contribution in [0.4, 0.5) is 0 Å². The molecule has 0 bridgehead atoms. The minimum Gasteiger partial charge on any atom is -0.480 e. The van der Waals surface area contributed by atoms with E-state index in [0.29, 0.717) is 18.7 Å². The fourth-order valence-corrected chi connectivity index (χ4v) is 1.96. The fourth-order valence-electron chi connectivity index (χ4n) is 1.96. The van der Waals surface area contributed by atoms with Gasteiger partial charge < -0.3 is 10.4 Å². The zero-order valence-electron chi connectivity index (χ0n) is 12.5. The Morgan fingerprint density at radius 1 is 1.40 bits per heavy atom. The molecule has 1 heterocycles. The molecule has 6 nitrogen and oxygen atoms in total. The second-order valence-corrected chi connectivity index (χ2v) is 4.87. The average Bonchev–Trinajstić information content (AvgIpc) is 2.86. The van der Waals surface area contributed by atoms with Gasteiger partial charge in [0.1, 0.15) is 11.7 Å². The van der Waals surface area contributed by atoms with Crippen LogP contribution < -0.4 is 5.32 Å². The van der Waals surface area contributed by atoms with Crippen LogP contribution in [0, 0.1) is 5.92 Å². The summed E-state index contributed by atoms with van der Waals surface area (Å²) in [7, 11) is 0. The summed E-state index contributed by atoms with van der Waals surface area (Å²) in [6.45, 7) is 8.14. The van der Waals surface area contributed by atoms with E-state index in [0.717, 1.165) is 12.1 Å². The predicted octanol–water partition coefficient (Wildman–Crippen LogP) is 1.69. The third kappa shape index (κ3) is 3.59. The zero-order valence-corrected chi connectivity index (χ0v) is 12.5. The van der Waals surface area contributed by atoms with Gasteiger partial charge in [0.25, 0.3) is 5.91 Å². The summed E-state index contributed by atoms with van der Waals surface area (Å²) in [6.07, 6.45) is 1.42. The van der Waals surface area contributed by atoms with Crippen LogP contribution in [-0.4, -0.2) is 32.8 Å². The van der Waals surface area contributed by atoms with Gasteiger partial charge in [-0.25, -0.2) is 4.79 Å². The number of carbonyl (C=O) groups is 2. The predicted molar refractivity (Wildman–Crippen MR) is 75.6 cm³/mol. The second-order valence-electron chi connectivity index (χ2n) is 4.87. The van der Waals surface area contributed by atoms with Crippen molar-refractivity contribution in [1.29, 1.82) is 0 Å². The highest BCUT2D eigenvalue weighted by Gasteiger charge is 2.27. The highest BCUT2D eigenvalue weighted by atomic mass is 16.4. The van der Waals surface area contributed by atoms with Crippen molar-refractivity contribution < 1.29 is 14.7 Å². The van der Waals surface area contributed by atoms with Crippen LogP contribution in [0.25, 0.3) is 0 Å². The highest BCUT2D eigenvalue weighted by molar-refractivity contribution is 5.95. The van der Waals surface area contributed by atoms with Crippen LogP contribution in [0.5, 0.6) is 0 Å². The Hall–Kier alpha value is -1.85. The van der Waals surface area contributed by atoms with Gasteiger partial charge in [0, 0.05) is 6.54 Å². The van der Waals surface area contributed by atoms with Crippen LogP contribution >= 0.6 is 0 Å². The molecule has 0 aliphatic carbocycles. The molecule has 6 heteroatoms. The van der Waals surface area contributed by atoms with Crippen molar-refractivity contribution in [2.45, 2.75) is 53.1 Å². The third-order valence-electron chi connectivity index (χ3n) is 3.49. The van der Waals surface area contributed by atoms with Gasteiger partial charge in [-0.2, -0.15) is 5.10 Å². The minimum absolute atomic E-state index is 0.125. The number of aryl methyl sites for hydroxylation is 2. The molecule has 2 atom stereocenters. The maximum atomic E-state index is 12.3. The van der Waals surface area contributed by atoms with Crippen molar-refractivity contribution >= 4 is 11.9 Å². The minimum atomic E-state index is -1.01. The first-order valence-electron chi connectivity index (χ1n) is 7.04. The van der Waals surface area contributed by atoms with E-state index in [1.54, 1.807) is 10.7 Å². The van der Waals surface area contributed by atoms with Gasteiger partial charge in [0.05, 0.1) is 5.69 Å². The number of carboxylic acids is 1. The molecule has 112 valence electrons. The summed E-state index contributed by atoms with van der Waals surface area (Å²) in [4.78, 5) is 23.5. The van der Waals surface area contributed by atoms with Gasteiger partial charge in [-0.05, 0) is 25.3 Å². The molecule has 0 aliphatic heterocycles. The van der Waals surface area contributed by atoms with Crippen LogP contribution in [0.1, 0.15) is 50.3 Å². The van der Waals surface area contributed by atoms with E-state index in [4.69, 9.17) is 0 Å². The van der Waals surface area contributed by atoms with E-state index >= 15 is 0 Å².